The molecule has 19 heavy (non-hydrogen) atoms. The van der Waals surface area contributed by atoms with E-state index in [-0.39, 0.29) is 6.04 Å². The number of rotatable bonds is 3. The molecule has 3 rings (SSSR count). The number of imidazole rings is 1. The van der Waals surface area contributed by atoms with Crippen molar-refractivity contribution in [2.75, 3.05) is 11.5 Å². The average Bonchev–Trinajstić information content (AvgIpc) is 2.80. The van der Waals surface area contributed by atoms with Crippen LogP contribution < -0.4 is 5.32 Å². The highest BCUT2D eigenvalue weighted by molar-refractivity contribution is 7.91. The Kier molecular flexibility index (Phi) is 3.28. The Balaban J connectivity index is 1.60. The highest BCUT2D eigenvalue weighted by Gasteiger charge is 2.23. The molecule has 1 N–H and O–H groups in total. The smallest absolute Gasteiger partial charge is 0.150 e. The van der Waals surface area contributed by atoms with Crippen molar-refractivity contribution in [2.45, 2.75) is 25.4 Å². The molecule has 6 heteroatoms. The number of fused-ring (bicyclic) bond motifs is 1. The predicted molar refractivity (Wildman–Crippen MR) is 73.7 cm³/mol. The first kappa shape index (κ1) is 12.6. The molecule has 1 aliphatic heterocycles. The summed E-state index contributed by atoms with van der Waals surface area (Å²) < 4.78 is 24.7. The standard InChI is InChI=1S/C13H17N3O2S/c17-19(18)7-4-11(5-8-19)14-9-12-10-16-6-2-1-3-13(16)15-12/h1-3,6,10-11,14H,4-5,7-9H2. The predicted octanol–water partition coefficient (Wildman–Crippen LogP) is 1.00. The number of hydrogen-bond donors (Lipinski definition) is 1. The second kappa shape index (κ2) is 4.94. The third-order valence-corrected chi connectivity index (χ3v) is 5.26. The van der Waals surface area contributed by atoms with Crippen molar-refractivity contribution in [3.8, 4) is 0 Å². The van der Waals surface area contributed by atoms with Crippen LogP contribution in [-0.2, 0) is 16.4 Å². The fourth-order valence-corrected chi connectivity index (χ4v) is 3.91. The monoisotopic (exact) mass is 279 g/mol. The maximum Gasteiger partial charge on any atom is 0.150 e. The summed E-state index contributed by atoms with van der Waals surface area (Å²) in [6, 6.07) is 6.19. The molecule has 1 fully saturated rings. The van der Waals surface area contributed by atoms with Crippen LogP contribution in [0.15, 0.2) is 30.6 Å². The highest BCUT2D eigenvalue weighted by Crippen LogP contribution is 2.13. The van der Waals surface area contributed by atoms with Gasteiger partial charge in [0.2, 0.25) is 0 Å². The zero-order valence-corrected chi connectivity index (χ0v) is 11.4. The SMILES string of the molecule is O=S1(=O)CCC(NCc2cn3ccccc3n2)CC1. The van der Waals surface area contributed by atoms with Gasteiger partial charge in [-0.1, -0.05) is 6.07 Å². The van der Waals surface area contributed by atoms with E-state index in [1.54, 1.807) is 0 Å². The van der Waals surface area contributed by atoms with Gasteiger partial charge < -0.3 is 9.72 Å². The molecule has 3 heterocycles. The van der Waals surface area contributed by atoms with Crippen molar-refractivity contribution in [2.24, 2.45) is 0 Å². The van der Waals surface area contributed by atoms with Gasteiger partial charge in [0.25, 0.3) is 0 Å². The molecule has 0 radical (unpaired) electrons. The largest absolute Gasteiger partial charge is 0.308 e. The first-order valence-corrected chi connectivity index (χ1v) is 8.31. The normalized spacial score (nSPS) is 19.8. The van der Waals surface area contributed by atoms with Gasteiger partial charge >= 0.3 is 0 Å². The minimum absolute atomic E-state index is 0.285. The minimum atomic E-state index is -2.78. The summed E-state index contributed by atoms with van der Waals surface area (Å²) in [5.74, 6) is 0.603. The lowest BCUT2D eigenvalue weighted by Gasteiger charge is -2.22. The molecule has 5 nitrogen and oxygen atoms in total. The second-order valence-electron chi connectivity index (χ2n) is 5.01. The van der Waals surface area contributed by atoms with Gasteiger partial charge in [0.15, 0.2) is 0 Å². The van der Waals surface area contributed by atoms with Crippen LogP contribution in [0.1, 0.15) is 18.5 Å². The lowest BCUT2D eigenvalue weighted by Crippen LogP contribution is -2.37. The van der Waals surface area contributed by atoms with Crippen molar-refractivity contribution >= 4 is 15.5 Å². The Labute approximate surface area is 112 Å². The third-order valence-electron chi connectivity index (χ3n) is 3.54. The Morgan fingerprint density at radius 3 is 2.84 bits per heavy atom. The molecule has 0 aromatic carbocycles. The number of aromatic nitrogens is 2. The quantitative estimate of drug-likeness (QED) is 0.910. The molecule has 0 bridgehead atoms. The zero-order chi connectivity index (χ0) is 13.3. The fourth-order valence-electron chi connectivity index (χ4n) is 2.42. The summed E-state index contributed by atoms with van der Waals surface area (Å²) in [6.45, 7) is 0.687. The second-order valence-corrected chi connectivity index (χ2v) is 7.31. The van der Waals surface area contributed by atoms with Crippen LogP contribution in [0.2, 0.25) is 0 Å². The molecule has 0 spiro atoms. The van der Waals surface area contributed by atoms with Crippen molar-refractivity contribution in [1.82, 2.24) is 14.7 Å². The maximum absolute atomic E-state index is 11.3. The van der Waals surface area contributed by atoms with E-state index in [9.17, 15) is 8.42 Å². The Bertz CT molecular complexity index is 631. The van der Waals surface area contributed by atoms with Gasteiger partial charge in [-0.25, -0.2) is 13.4 Å². The topological polar surface area (TPSA) is 63.5 Å². The van der Waals surface area contributed by atoms with Crippen LogP contribution in [-0.4, -0.2) is 35.4 Å². The summed E-state index contributed by atoms with van der Waals surface area (Å²) in [4.78, 5) is 4.51. The zero-order valence-electron chi connectivity index (χ0n) is 10.6. The summed E-state index contributed by atoms with van der Waals surface area (Å²) in [5.41, 5.74) is 1.92. The van der Waals surface area contributed by atoms with Crippen LogP contribution >= 0.6 is 0 Å². The molecule has 102 valence electrons. The van der Waals surface area contributed by atoms with Crippen LogP contribution in [0.5, 0.6) is 0 Å². The molecule has 0 amide bonds. The third kappa shape index (κ3) is 2.96. The van der Waals surface area contributed by atoms with E-state index in [4.69, 9.17) is 0 Å². The fraction of sp³-hybridized carbons (Fsp3) is 0.462. The number of pyridine rings is 1. The minimum Gasteiger partial charge on any atom is -0.308 e. The highest BCUT2D eigenvalue weighted by atomic mass is 32.2. The molecular formula is C13H17N3O2S. The number of nitrogens with zero attached hydrogens (tertiary/aromatic N) is 2. The van der Waals surface area contributed by atoms with E-state index in [0.29, 0.717) is 30.9 Å². The van der Waals surface area contributed by atoms with Gasteiger partial charge in [0, 0.05) is 25.0 Å². The Hall–Kier alpha value is -1.40. The summed E-state index contributed by atoms with van der Waals surface area (Å²) in [5, 5.41) is 3.40. The van der Waals surface area contributed by atoms with Gasteiger partial charge in [-0.15, -0.1) is 0 Å². The molecule has 0 aliphatic carbocycles. The Morgan fingerprint density at radius 1 is 1.32 bits per heavy atom. The van der Waals surface area contributed by atoms with E-state index in [1.807, 2.05) is 35.0 Å². The number of sulfone groups is 1. The summed E-state index contributed by atoms with van der Waals surface area (Å²) in [6.07, 6.45) is 5.38. The van der Waals surface area contributed by atoms with E-state index < -0.39 is 9.84 Å². The van der Waals surface area contributed by atoms with Crippen molar-refractivity contribution in [3.05, 3.63) is 36.3 Å². The molecule has 1 aliphatic rings. The first-order chi connectivity index (χ1) is 9.12. The lowest BCUT2D eigenvalue weighted by molar-refractivity contribution is 0.461. The maximum atomic E-state index is 11.3. The first-order valence-electron chi connectivity index (χ1n) is 6.49. The van der Waals surface area contributed by atoms with E-state index >= 15 is 0 Å². The van der Waals surface area contributed by atoms with Crippen LogP contribution in [0, 0.1) is 0 Å². The molecule has 2 aromatic rings. The van der Waals surface area contributed by atoms with Gasteiger partial charge in [-0.2, -0.15) is 0 Å². The summed E-state index contributed by atoms with van der Waals surface area (Å²) in [7, 11) is -2.78. The van der Waals surface area contributed by atoms with E-state index in [1.165, 1.54) is 0 Å². The van der Waals surface area contributed by atoms with Gasteiger partial charge in [-0.05, 0) is 25.0 Å². The van der Waals surface area contributed by atoms with E-state index in [2.05, 4.69) is 10.3 Å². The van der Waals surface area contributed by atoms with Crippen LogP contribution in [0.3, 0.4) is 0 Å². The average molecular weight is 279 g/mol. The van der Waals surface area contributed by atoms with Crippen molar-refractivity contribution in [1.29, 1.82) is 0 Å². The summed E-state index contributed by atoms with van der Waals surface area (Å²) >= 11 is 0. The van der Waals surface area contributed by atoms with Crippen molar-refractivity contribution < 1.29 is 8.42 Å². The molecule has 0 saturated carbocycles. The molecule has 2 aromatic heterocycles. The molecule has 0 atom stereocenters. The lowest BCUT2D eigenvalue weighted by atomic mass is 10.1. The number of nitrogens with one attached hydrogen (secondary N) is 1. The van der Waals surface area contributed by atoms with Crippen LogP contribution in [0.25, 0.3) is 5.65 Å². The van der Waals surface area contributed by atoms with Gasteiger partial charge in [0.1, 0.15) is 15.5 Å². The number of hydrogen-bond acceptors (Lipinski definition) is 4. The molecule has 0 unspecified atom stereocenters. The molecule has 1 saturated heterocycles. The Morgan fingerprint density at radius 2 is 2.11 bits per heavy atom. The van der Waals surface area contributed by atoms with Gasteiger partial charge in [-0.3, -0.25) is 0 Å². The van der Waals surface area contributed by atoms with Crippen LogP contribution in [0.4, 0.5) is 0 Å². The van der Waals surface area contributed by atoms with Gasteiger partial charge in [0.05, 0.1) is 17.2 Å². The van der Waals surface area contributed by atoms with Crippen molar-refractivity contribution in [3.63, 3.8) is 0 Å². The van der Waals surface area contributed by atoms with E-state index in [0.717, 1.165) is 11.3 Å². The molecular weight excluding hydrogens is 262 g/mol.